The Kier molecular flexibility index (Phi) is 6.59. The predicted molar refractivity (Wildman–Crippen MR) is 183 cm³/mol. The molecule has 0 spiro atoms. The minimum Gasteiger partial charge on any atom is -0.478 e. The van der Waals surface area contributed by atoms with E-state index in [1.807, 2.05) is 48.5 Å². The Hall–Kier alpha value is -4.92. The lowest BCUT2D eigenvalue weighted by Gasteiger charge is -2.31. The number of aromatic carboxylic acids is 1. The molecule has 5 aromatic carbocycles. The van der Waals surface area contributed by atoms with Crippen LogP contribution in [0.25, 0.3) is 27.1 Å². The quantitative estimate of drug-likeness (QED) is 0.0915. The maximum absolute atomic E-state index is 16.6. The number of ether oxygens (including phenoxy) is 1. The lowest BCUT2D eigenvalue weighted by molar-refractivity contribution is 0.0689. The molecule has 0 atom stereocenters. The maximum Gasteiger partial charge on any atom is 0.339 e. The van der Waals surface area contributed by atoms with Crippen LogP contribution in [0.4, 0.5) is 23.2 Å². The fraction of sp³-hybridized carbons (Fsp3) is 0.300. The molecule has 0 fully saturated rings. The van der Waals surface area contributed by atoms with E-state index in [0.29, 0.717) is 59.2 Å². The molecule has 5 aromatic rings. The Morgan fingerprint density at radius 2 is 1.41 bits per heavy atom. The monoisotopic (exact) mass is 667 g/mol. The highest BCUT2D eigenvalue weighted by Crippen LogP contribution is 2.56. The number of anilines is 1. The van der Waals surface area contributed by atoms with Gasteiger partial charge in [0.15, 0.2) is 29.8 Å². The number of hydrogen-bond acceptors (Lipinski definition) is 3. The highest BCUT2D eigenvalue weighted by Gasteiger charge is 2.47. The van der Waals surface area contributed by atoms with E-state index >= 15 is 13.2 Å². The summed E-state index contributed by atoms with van der Waals surface area (Å²) >= 11 is 0. The van der Waals surface area contributed by atoms with Crippen molar-refractivity contribution in [2.45, 2.75) is 52.4 Å². The smallest absolute Gasteiger partial charge is 0.339 e. The molecule has 0 aromatic heterocycles. The summed E-state index contributed by atoms with van der Waals surface area (Å²) < 4.78 is 72.2. The summed E-state index contributed by atoms with van der Waals surface area (Å²) in [6.07, 6.45) is 0. The highest BCUT2D eigenvalue weighted by atomic mass is 19.2. The summed E-state index contributed by atoms with van der Waals surface area (Å²) in [5, 5.41) is 14.4. The number of halogens is 4. The second-order valence-corrected chi connectivity index (χ2v) is 14.5. The molecule has 0 aliphatic carbocycles. The van der Waals surface area contributed by atoms with Gasteiger partial charge < -0.3 is 14.7 Å². The number of carbonyl (C=O) groups is 1. The van der Waals surface area contributed by atoms with Gasteiger partial charge in [0.25, 0.3) is 0 Å². The highest BCUT2D eigenvalue weighted by molar-refractivity contribution is 6.12. The molecule has 0 saturated heterocycles. The van der Waals surface area contributed by atoms with E-state index in [1.54, 1.807) is 0 Å². The second kappa shape index (κ2) is 10.3. The molecule has 3 aliphatic rings. The van der Waals surface area contributed by atoms with Crippen LogP contribution in [0.1, 0.15) is 74.2 Å². The van der Waals surface area contributed by atoms with Gasteiger partial charge in [0, 0.05) is 51.4 Å². The van der Waals surface area contributed by atoms with Gasteiger partial charge in [-0.1, -0.05) is 56.3 Å². The predicted octanol–water partition coefficient (Wildman–Crippen LogP) is 7.52. The van der Waals surface area contributed by atoms with Crippen molar-refractivity contribution < 1.29 is 32.2 Å². The lowest BCUT2D eigenvalue weighted by Crippen LogP contribution is -2.32. The molecule has 0 amide bonds. The van der Waals surface area contributed by atoms with E-state index in [4.69, 9.17) is 4.74 Å². The Morgan fingerprint density at radius 3 is 2.04 bits per heavy atom. The van der Waals surface area contributed by atoms with Gasteiger partial charge in [-0.05, 0) is 44.5 Å². The summed E-state index contributed by atoms with van der Waals surface area (Å²) in [7, 11) is 0. The summed E-state index contributed by atoms with van der Waals surface area (Å²) in [6.45, 7) is 15.1. The molecule has 1 N–H and O–H groups in total. The summed E-state index contributed by atoms with van der Waals surface area (Å²) in [4.78, 5) is 15.1. The molecule has 0 bridgehead atoms. The number of nitrogens with zero attached hydrogens (tertiary/aromatic N) is 2. The largest absolute Gasteiger partial charge is 0.478 e. The van der Waals surface area contributed by atoms with Crippen molar-refractivity contribution in [1.82, 2.24) is 4.58 Å². The molecule has 8 rings (SSSR count). The van der Waals surface area contributed by atoms with Crippen LogP contribution in [0.5, 0.6) is 11.5 Å². The third kappa shape index (κ3) is 3.98. The number of likely N-dealkylation sites (N-methyl/N-ethyl adjacent to an activating group) is 2. The fourth-order valence-electron chi connectivity index (χ4n) is 8.76. The fourth-order valence-corrected chi connectivity index (χ4v) is 8.76. The standard InChI is InChI=1S/C40H34F4N2O3/c1-7-45-17-39(3,4)28-34(45)21-15-11-9-13-19(21)23-25(26-27(38(47)48)31(42)33(44)32(43)30(26)41)24-20-14-10-12-16-22(20)35-29(37(24)49-36(23)28)40(5,6)18-46(35)8-2/h9-16H,7-8,17-18H2,1-6H3/p+1. The van der Waals surface area contributed by atoms with E-state index < -0.39 is 51.2 Å². The van der Waals surface area contributed by atoms with Crippen LogP contribution in [-0.2, 0) is 10.8 Å². The first-order valence-electron chi connectivity index (χ1n) is 16.6. The Bertz CT molecular complexity index is 2490. The molecule has 0 unspecified atom stereocenters. The Labute approximate surface area is 280 Å². The molecular weight excluding hydrogens is 632 g/mol. The van der Waals surface area contributed by atoms with E-state index in [0.717, 1.165) is 32.9 Å². The first-order valence-corrected chi connectivity index (χ1v) is 16.6. The topological polar surface area (TPSA) is 52.8 Å². The number of benzene rings is 5. The van der Waals surface area contributed by atoms with Crippen molar-refractivity contribution in [3.63, 3.8) is 0 Å². The van der Waals surface area contributed by atoms with Crippen molar-refractivity contribution in [1.29, 1.82) is 0 Å². The van der Waals surface area contributed by atoms with Gasteiger partial charge in [-0.2, -0.15) is 0 Å². The first-order chi connectivity index (χ1) is 23.2. The van der Waals surface area contributed by atoms with E-state index in [9.17, 15) is 14.3 Å². The SMILES string of the molecule is CCN1CC(C)(C)c2c3c(c4ccccc4c21)C(c1c(F)c(F)c(F)c(F)c1C(=O)O)=c1c(c2c(c4ccccc14)=[N+](CC)CC2(C)C)O3. The van der Waals surface area contributed by atoms with E-state index in [2.05, 4.69) is 51.0 Å². The van der Waals surface area contributed by atoms with Gasteiger partial charge in [-0.15, -0.1) is 0 Å². The zero-order chi connectivity index (χ0) is 34.9. The Morgan fingerprint density at radius 1 is 0.796 bits per heavy atom. The van der Waals surface area contributed by atoms with Crippen LogP contribution in [0.2, 0.25) is 0 Å². The average molecular weight is 668 g/mol. The third-order valence-corrected chi connectivity index (χ3v) is 10.6. The van der Waals surface area contributed by atoms with Crippen LogP contribution in [0.3, 0.4) is 0 Å². The van der Waals surface area contributed by atoms with Crippen molar-refractivity contribution >= 4 is 38.8 Å². The zero-order valence-electron chi connectivity index (χ0n) is 28.1. The summed E-state index contributed by atoms with van der Waals surface area (Å²) in [5.74, 6) is -9.16. The number of hydrogen-bond donors (Lipinski definition) is 1. The Balaban J connectivity index is 1.76. The van der Waals surface area contributed by atoms with Gasteiger partial charge in [-0.25, -0.2) is 26.9 Å². The minimum atomic E-state index is -2.18. The minimum absolute atomic E-state index is 0.0431. The number of fused-ring (bicyclic) bond motifs is 12. The van der Waals surface area contributed by atoms with Crippen LogP contribution in [0.15, 0.2) is 48.5 Å². The molecule has 0 radical (unpaired) electrons. The van der Waals surface area contributed by atoms with Crippen LogP contribution in [0, 0.1) is 23.3 Å². The van der Waals surface area contributed by atoms with Gasteiger partial charge >= 0.3 is 5.97 Å². The lowest BCUT2D eigenvalue weighted by atomic mass is 9.77. The molecule has 250 valence electrons. The normalized spacial score (nSPS) is 16.9. The third-order valence-electron chi connectivity index (χ3n) is 10.6. The molecule has 49 heavy (non-hydrogen) atoms. The average Bonchev–Trinajstić information content (AvgIpc) is 3.53. The molecule has 3 heterocycles. The van der Waals surface area contributed by atoms with Crippen molar-refractivity contribution in [3.8, 4) is 11.5 Å². The summed E-state index contributed by atoms with van der Waals surface area (Å²) in [6, 6.07) is 14.9. The van der Waals surface area contributed by atoms with Gasteiger partial charge in [-0.3, -0.25) is 0 Å². The number of carboxylic acid groups (broad SMARTS) is 1. The van der Waals surface area contributed by atoms with Crippen molar-refractivity contribution in [2.24, 2.45) is 0 Å². The zero-order valence-corrected chi connectivity index (χ0v) is 28.1. The van der Waals surface area contributed by atoms with Crippen molar-refractivity contribution in [2.75, 3.05) is 31.1 Å². The van der Waals surface area contributed by atoms with Gasteiger partial charge in [0.05, 0.1) is 22.1 Å². The maximum atomic E-state index is 16.6. The number of rotatable bonds is 4. The van der Waals surface area contributed by atoms with E-state index in [1.165, 1.54) is 0 Å². The van der Waals surface area contributed by atoms with E-state index in [-0.39, 0.29) is 5.57 Å². The van der Waals surface area contributed by atoms with Crippen molar-refractivity contribution in [3.05, 3.63) is 110 Å². The van der Waals surface area contributed by atoms with Gasteiger partial charge in [0.1, 0.15) is 23.6 Å². The first kappa shape index (κ1) is 31.4. The summed E-state index contributed by atoms with van der Waals surface area (Å²) in [5.41, 5.74) is -0.257. The molecule has 5 nitrogen and oxygen atoms in total. The number of carboxylic acids is 1. The van der Waals surface area contributed by atoms with Crippen LogP contribution < -0.4 is 24.8 Å². The molecule has 3 aliphatic heterocycles. The molecule has 9 heteroatoms. The van der Waals surface area contributed by atoms with Gasteiger partial charge in [0.2, 0.25) is 5.36 Å². The molecule has 0 saturated carbocycles. The second-order valence-electron chi connectivity index (χ2n) is 14.5. The van der Waals surface area contributed by atoms with Crippen LogP contribution >= 0.6 is 0 Å². The molecular formula is C40H35F4N2O3+. The van der Waals surface area contributed by atoms with Crippen LogP contribution in [-0.4, -0.2) is 37.3 Å².